The molecule has 2 aliphatic rings. The number of rotatable bonds is 5. The Morgan fingerprint density at radius 1 is 1.16 bits per heavy atom. The zero-order valence-electron chi connectivity index (χ0n) is 17.0. The quantitative estimate of drug-likeness (QED) is 0.614. The number of amides is 1. The summed E-state index contributed by atoms with van der Waals surface area (Å²) in [5.41, 5.74) is 3.64. The van der Waals surface area contributed by atoms with Gasteiger partial charge in [0, 0.05) is 17.9 Å². The Morgan fingerprint density at radius 2 is 1.84 bits per heavy atom. The van der Waals surface area contributed by atoms with E-state index < -0.39 is 18.0 Å². The molecule has 0 unspecified atom stereocenters. The maximum Gasteiger partial charge on any atom is 0.412 e. The number of nitrogens with one attached hydrogen (secondary N) is 1. The first kappa shape index (κ1) is 20.7. The third-order valence-electron chi connectivity index (χ3n) is 5.60. The van der Waals surface area contributed by atoms with Crippen LogP contribution in [0.5, 0.6) is 0 Å². The van der Waals surface area contributed by atoms with E-state index in [1.807, 2.05) is 36.4 Å². The zero-order chi connectivity index (χ0) is 22.1. The van der Waals surface area contributed by atoms with E-state index in [1.54, 1.807) is 0 Å². The maximum atomic E-state index is 12.4. The molecule has 32 heavy (non-hydrogen) atoms. The fraction of sp³-hybridized carbons (Fsp3) is 0.261. The number of carbonyl (C=O) groups is 1. The van der Waals surface area contributed by atoms with Crippen LogP contribution in [0.15, 0.2) is 65.6 Å². The summed E-state index contributed by atoms with van der Waals surface area (Å²) in [6.45, 7) is 0.0530. The second-order valence-corrected chi connectivity index (χ2v) is 8.68. The fourth-order valence-electron chi connectivity index (χ4n) is 4.13. The molecule has 1 aliphatic heterocycles. The fourth-order valence-corrected chi connectivity index (χ4v) is 5.06. The van der Waals surface area contributed by atoms with E-state index in [0.717, 1.165) is 22.3 Å². The minimum Gasteiger partial charge on any atom is -0.448 e. The summed E-state index contributed by atoms with van der Waals surface area (Å²) in [4.78, 5) is 28.6. The van der Waals surface area contributed by atoms with Gasteiger partial charge >= 0.3 is 11.8 Å². The van der Waals surface area contributed by atoms with Gasteiger partial charge in [-0.3, -0.25) is 9.88 Å². The first-order valence-corrected chi connectivity index (χ1v) is 11.3. The summed E-state index contributed by atoms with van der Waals surface area (Å²) in [6.07, 6.45) is 0.338. The number of anilines is 1. The largest absolute Gasteiger partial charge is 0.448 e. The molecule has 3 aromatic rings. The van der Waals surface area contributed by atoms with Crippen molar-refractivity contribution in [2.75, 3.05) is 24.3 Å². The number of ether oxygens (including phenoxy) is 2. The Labute approximate surface area is 188 Å². The molecule has 0 saturated carbocycles. The zero-order valence-corrected chi connectivity index (χ0v) is 17.8. The highest BCUT2D eigenvalue weighted by Gasteiger charge is 2.29. The van der Waals surface area contributed by atoms with Crippen LogP contribution in [0.25, 0.3) is 11.1 Å². The summed E-state index contributed by atoms with van der Waals surface area (Å²) in [7, 11) is 0. The Morgan fingerprint density at radius 3 is 2.47 bits per heavy atom. The van der Waals surface area contributed by atoms with Crippen molar-refractivity contribution in [2.45, 2.75) is 17.6 Å². The molecule has 2 N–H and O–H groups in total. The number of nitrogens with zero attached hydrogens (tertiary/aromatic N) is 2. The molecule has 1 aliphatic carbocycles. The lowest BCUT2D eigenvalue weighted by atomic mass is 9.98. The number of thioether (sulfide) groups is 1. The summed E-state index contributed by atoms with van der Waals surface area (Å²) in [5.74, 6) is 0.588. The Hall–Kier alpha value is -3.14. The Bertz CT molecular complexity index is 1170. The molecule has 2 atom stereocenters. The topological polar surface area (TPSA) is 103 Å². The molecule has 164 valence electrons. The van der Waals surface area contributed by atoms with Crippen molar-refractivity contribution in [3.63, 3.8) is 0 Å². The first-order chi connectivity index (χ1) is 15.6. The van der Waals surface area contributed by atoms with Crippen molar-refractivity contribution >= 4 is 23.7 Å². The van der Waals surface area contributed by atoms with Crippen LogP contribution in [-0.2, 0) is 9.47 Å². The van der Waals surface area contributed by atoms with Crippen LogP contribution in [-0.4, -0.2) is 45.2 Å². The van der Waals surface area contributed by atoms with Gasteiger partial charge in [0.1, 0.15) is 24.1 Å². The Kier molecular flexibility index (Phi) is 5.69. The summed E-state index contributed by atoms with van der Waals surface area (Å²) >= 11 is 1.43. The average molecular weight is 452 g/mol. The predicted molar refractivity (Wildman–Crippen MR) is 121 cm³/mol. The molecule has 0 bridgehead atoms. The molecule has 2 aromatic carbocycles. The number of aliphatic hydroxyl groups is 1. The lowest BCUT2D eigenvalue weighted by molar-refractivity contribution is -0.00629. The monoisotopic (exact) mass is 451 g/mol. The normalized spacial score (nSPS) is 19.4. The van der Waals surface area contributed by atoms with Gasteiger partial charge in [-0.25, -0.2) is 9.59 Å². The van der Waals surface area contributed by atoms with Gasteiger partial charge in [0.05, 0.1) is 6.61 Å². The molecule has 8 nitrogen and oxygen atoms in total. The molecule has 5 rings (SSSR count). The minimum absolute atomic E-state index is 0.0504. The van der Waals surface area contributed by atoms with Gasteiger partial charge in [-0.1, -0.05) is 48.5 Å². The van der Waals surface area contributed by atoms with E-state index in [1.165, 1.54) is 28.6 Å². The van der Waals surface area contributed by atoms with E-state index in [9.17, 15) is 14.7 Å². The first-order valence-electron chi connectivity index (χ1n) is 10.2. The molecule has 2 heterocycles. The number of aromatic nitrogens is 2. The second kappa shape index (κ2) is 8.78. The van der Waals surface area contributed by atoms with Gasteiger partial charge < -0.3 is 14.6 Å². The molecular weight excluding hydrogens is 430 g/mol. The maximum absolute atomic E-state index is 12.4. The highest BCUT2D eigenvalue weighted by molar-refractivity contribution is 8.00. The number of fused-ring (bicyclic) bond motifs is 3. The summed E-state index contributed by atoms with van der Waals surface area (Å²) in [5, 5.41) is 11.7. The number of benzene rings is 2. The highest BCUT2D eigenvalue weighted by Crippen LogP contribution is 2.44. The van der Waals surface area contributed by atoms with Crippen LogP contribution in [0.3, 0.4) is 0 Å². The van der Waals surface area contributed by atoms with Gasteiger partial charge in [0.15, 0.2) is 0 Å². The van der Waals surface area contributed by atoms with Crippen LogP contribution in [0.2, 0.25) is 0 Å². The van der Waals surface area contributed by atoms with Gasteiger partial charge in [-0.05, 0) is 28.3 Å². The van der Waals surface area contributed by atoms with E-state index in [0.29, 0.717) is 5.75 Å². The van der Waals surface area contributed by atoms with Gasteiger partial charge in [0.25, 0.3) is 0 Å². The van der Waals surface area contributed by atoms with E-state index in [-0.39, 0.29) is 30.4 Å². The lowest BCUT2D eigenvalue weighted by Crippen LogP contribution is -2.29. The van der Waals surface area contributed by atoms with Crippen molar-refractivity contribution in [1.29, 1.82) is 0 Å². The standard InChI is InChI=1S/C23H21N3O5S/c27-11-21-31-20(13-32-21)26-10-9-19(24-22(26)28)25-23(29)30-12-18-16-7-3-1-5-14(16)15-6-2-4-8-17(15)18/h1-10,18,20-21,27H,11-13H2,(H,24,25,28,29)/t20-,21+/m0/s1. The number of hydrogen-bond acceptors (Lipinski definition) is 7. The highest BCUT2D eigenvalue weighted by atomic mass is 32.2. The van der Waals surface area contributed by atoms with E-state index in [4.69, 9.17) is 9.47 Å². The Balaban J connectivity index is 1.24. The van der Waals surface area contributed by atoms with Crippen LogP contribution < -0.4 is 11.0 Å². The van der Waals surface area contributed by atoms with Crippen molar-refractivity contribution in [3.8, 4) is 11.1 Å². The SMILES string of the molecule is O=C(Nc1ccn([C@@H]2CS[C@H](CO)O2)c(=O)n1)OCC1c2ccccc2-c2ccccc21. The molecule has 1 fully saturated rings. The van der Waals surface area contributed by atoms with Crippen LogP contribution in [0.4, 0.5) is 10.6 Å². The number of aliphatic hydroxyl groups excluding tert-OH is 1. The molecule has 0 radical (unpaired) electrons. The number of carbonyl (C=O) groups excluding carboxylic acids is 1. The third kappa shape index (κ3) is 3.90. The molecule has 9 heteroatoms. The summed E-state index contributed by atoms with van der Waals surface area (Å²) in [6, 6.07) is 17.7. The van der Waals surface area contributed by atoms with Crippen LogP contribution >= 0.6 is 11.8 Å². The smallest absolute Gasteiger partial charge is 0.412 e. The predicted octanol–water partition coefficient (Wildman–Crippen LogP) is 3.18. The third-order valence-corrected chi connectivity index (χ3v) is 6.71. The number of hydrogen-bond donors (Lipinski definition) is 2. The molecule has 1 amide bonds. The van der Waals surface area contributed by atoms with Gasteiger partial charge in [-0.15, -0.1) is 11.8 Å². The lowest BCUT2D eigenvalue weighted by Gasteiger charge is -2.15. The minimum atomic E-state index is -0.676. The van der Waals surface area contributed by atoms with Crippen molar-refractivity contribution in [2.24, 2.45) is 0 Å². The summed E-state index contributed by atoms with van der Waals surface area (Å²) < 4.78 is 12.4. The van der Waals surface area contributed by atoms with Crippen molar-refractivity contribution in [1.82, 2.24) is 9.55 Å². The second-order valence-electron chi connectivity index (χ2n) is 7.49. The molecule has 1 saturated heterocycles. The van der Waals surface area contributed by atoms with Gasteiger partial charge in [0.2, 0.25) is 0 Å². The van der Waals surface area contributed by atoms with E-state index >= 15 is 0 Å². The molecule has 1 aromatic heterocycles. The molecular formula is C23H21N3O5S. The van der Waals surface area contributed by atoms with Gasteiger partial charge in [-0.2, -0.15) is 4.98 Å². The van der Waals surface area contributed by atoms with Crippen molar-refractivity contribution < 1.29 is 19.4 Å². The average Bonchev–Trinajstić information content (AvgIpc) is 3.41. The van der Waals surface area contributed by atoms with Crippen LogP contribution in [0, 0.1) is 0 Å². The van der Waals surface area contributed by atoms with Crippen LogP contribution in [0.1, 0.15) is 23.3 Å². The van der Waals surface area contributed by atoms with E-state index in [2.05, 4.69) is 22.4 Å². The molecule has 0 spiro atoms. The van der Waals surface area contributed by atoms with Crippen molar-refractivity contribution in [3.05, 3.63) is 82.4 Å².